The number of hydrogen-bond donors (Lipinski definition) is 0. The van der Waals surface area contributed by atoms with Gasteiger partial charge in [0.1, 0.15) is 6.61 Å². The number of rotatable bonds is 3. The molecule has 4 heteroatoms. The van der Waals surface area contributed by atoms with E-state index in [4.69, 9.17) is 4.74 Å². The van der Waals surface area contributed by atoms with E-state index in [2.05, 4.69) is 0 Å². The van der Waals surface area contributed by atoms with Crippen molar-refractivity contribution >= 4 is 5.91 Å². The number of fused-ring (bicyclic) bond motifs is 1. The van der Waals surface area contributed by atoms with E-state index in [1.54, 1.807) is 19.2 Å². The molecule has 1 heterocycles. The van der Waals surface area contributed by atoms with Crippen LogP contribution in [0.4, 0.5) is 4.39 Å². The van der Waals surface area contributed by atoms with E-state index in [0.29, 0.717) is 12.1 Å². The van der Waals surface area contributed by atoms with Crippen LogP contribution < -0.4 is 4.74 Å². The summed E-state index contributed by atoms with van der Waals surface area (Å²) in [5.74, 6) is -0.730. The molecule has 3 rings (SSSR count). The van der Waals surface area contributed by atoms with Crippen LogP contribution >= 0.6 is 0 Å². The Hall–Kier alpha value is -2.36. The second-order valence-electron chi connectivity index (χ2n) is 4.85. The fourth-order valence-electron chi connectivity index (χ4n) is 2.32. The summed E-state index contributed by atoms with van der Waals surface area (Å²) < 4.78 is 19.8. The van der Waals surface area contributed by atoms with Crippen LogP contribution in [0.2, 0.25) is 0 Å². The largest absolute Gasteiger partial charge is 0.486 e. The lowest BCUT2D eigenvalue weighted by molar-refractivity contribution is 0.0812. The van der Waals surface area contributed by atoms with Crippen molar-refractivity contribution in [2.45, 2.75) is 27.0 Å². The van der Waals surface area contributed by atoms with E-state index in [1.165, 1.54) is 4.90 Å². The highest BCUT2D eigenvalue weighted by molar-refractivity contribution is 5.98. The van der Waals surface area contributed by atoms with Crippen molar-refractivity contribution < 1.29 is 13.9 Å². The Kier molecular flexibility index (Phi) is 5.15. The fourth-order valence-corrected chi connectivity index (χ4v) is 2.32. The Morgan fingerprint density at radius 2 is 1.82 bits per heavy atom. The van der Waals surface area contributed by atoms with Gasteiger partial charge in [0.05, 0.1) is 5.56 Å². The van der Waals surface area contributed by atoms with Crippen molar-refractivity contribution in [3.8, 4) is 5.75 Å². The quantitative estimate of drug-likeness (QED) is 0.857. The molecule has 1 amide bonds. The molecule has 0 atom stereocenters. The average molecular weight is 301 g/mol. The maximum atomic E-state index is 14.3. The topological polar surface area (TPSA) is 29.5 Å². The molecule has 2 aromatic rings. The van der Waals surface area contributed by atoms with Crippen LogP contribution in [0, 0.1) is 5.82 Å². The summed E-state index contributed by atoms with van der Waals surface area (Å²) in [6, 6.07) is 12.9. The van der Waals surface area contributed by atoms with Crippen LogP contribution in [0.3, 0.4) is 0 Å². The molecule has 0 fully saturated rings. The molecule has 0 spiro atoms. The molecular weight excluding hydrogens is 281 g/mol. The molecule has 116 valence electrons. The van der Waals surface area contributed by atoms with E-state index in [0.717, 1.165) is 5.56 Å². The zero-order chi connectivity index (χ0) is 16.1. The van der Waals surface area contributed by atoms with Crippen LogP contribution in [0.5, 0.6) is 5.75 Å². The third-order valence-electron chi connectivity index (χ3n) is 3.40. The third-order valence-corrected chi connectivity index (χ3v) is 3.40. The lowest BCUT2D eigenvalue weighted by Gasteiger charge is -2.09. The summed E-state index contributed by atoms with van der Waals surface area (Å²) >= 11 is 0. The van der Waals surface area contributed by atoms with Crippen molar-refractivity contribution in [3.63, 3.8) is 0 Å². The van der Waals surface area contributed by atoms with Crippen LogP contribution in [0.15, 0.2) is 42.5 Å². The molecule has 0 saturated carbocycles. The highest BCUT2D eigenvalue weighted by atomic mass is 19.1. The summed E-state index contributed by atoms with van der Waals surface area (Å²) in [7, 11) is 1.66. The molecule has 2 aromatic carbocycles. The number of halogens is 1. The van der Waals surface area contributed by atoms with Crippen LogP contribution in [0.25, 0.3) is 0 Å². The molecule has 0 aromatic heterocycles. The number of nitrogens with zero attached hydrogens (tertiary/aromatic N) is 1. The second kappa shape index (κ2) is 7.07. The lowest BCUT2D eigenvalue weighted by Crippen LogP contribution is -2.18. The first-order chi connectivity index (χ1) is 10.7. The van der Waals surface area contributed by atoms with Gasteiger partial charge in [-0.25, -0.2) is 4.39 Å². The Morgan fingerprint density at radius 3 is 2.50 bits per heavy atom. The number of amides is 1. The van der Waals surface area contributed by atoms with Gasteiger partial charge in [0, 0.05) is 13.6 Å². The normalized spacial score (nSPS) is 12.5. The minimum Gasteiger partial charge on any atom is -0.486 e. The van der Waals surface area contributed by atoms with Gasteiger partial charge in [-0.15, -0.1) is 0 Å². The van der Waals surface area contributed by atoms with Crippen molar-refractivity contribution in [2.75, 3.05) is 7.05 Å². The summed E-state index contributed by atoms with van der Waals surface area (Å²) in [4.78, 5) is 13.4. The minimum absolute atomic E-state index is 0.122. The lowest BCUT2D eigenvalue weighted by atomic mass is 10.1. The summed E-state index contributed by atoms with van der Waals surface area (Å²) in [5, 5.41) is 0. The fraction of sp³-hybridized carbons (Fsp3) is 0.278. The first-order valence-electron chi connectivity index (χ1n) is 7.40. The van der Waals surface area contributed by atoms with E-state index >= 15 is 0 Å². The van der Waals surface area contributed by atoms with Crippen molar-refractivity contribution in [1.82, 2.24) is 4.90 Å². The molecule has 1 aliphatic heterocycles. The van der Waals surface area contributed by atoms with Gasteiger partial charge in [-0.05, 0) is 17.2 Å². The third kappa shape index (κ3) is 3.11. The summed E-state index contributed by atoms with van der Waals surface area (Å²) in [5.41, 5.74) is 1.80. The number of hydrogen-bond acceptors (Lipinski definition) is 2. The van der Waals surface area contributed by atoms with Gasteiger partial charge in [0.25, 0.3) is 5.91 Å². The van der Waals surface area contributed by atoms with Gasteiger partial charge >= 0.3 is 0 Å². The summed E-state index contributed by atoms with van der Waals surface area (Å²) in [6.07, 6.45) is 0. The molecule has 0 radical (unpaired) electrons. The molecule has 22 heavy (non-hydrogen) atoms. The van der Waals surface area contributed by atoms with E-state index in [1.807, 2.05) is 44.2 Å². The molecule has 0 aliphatic carbocycles. The SMILES string of the molecule is CC.CN1Cc2ccc(OCc3ccccc3)c(F)c2C1=O. The Balaban J connectivity index is 0.000000847. The smallest absolute Gasteiger partial charge is 0.257 e. The Bertz CT molecular complexity index is 656. The van der Waals surface area contributed by atoms with Gasteiger partial charge < -0.3 is 9.64 Å². The van der Waals surface area contributed by atoms with Gasteiger partial charge in [-0.1, -0.05) is 50.2 Å². The zero-order valence-electron chi connectivity index (χ0n) is 13.1. The molecule has 0 unspecified atom stereocenters. The van der Waals surface area contributed by atoms with Gasteiger partial charge in [-0.3, -0.25) is 4.79 Å². The molecule has 0 N–H and O–H groups in total. The van der Waals surface area contributed by atoms with Crippen LogP contribution in [-0.2, 0) is 13.2 Å². The van der Waals surface area contributed by atoms with Crippen molar-refractivity contribution in [1.29, 1.82) is 0 Å². The number of carbonyl (C=O) groups is 1. The van der Waals surface area contributed by atoms with E-state index in [-0.39, 0.29) is 23.8 Å². The number of benzene rings is 2. The zero-order valence-corrected chi connectivity index (χ0v) is 13.1. The Labute approximate surface area is 130 Å². The molecule has 0 bridgehead atoms. The maximum absolute atomic E-state index is 14.3. The standard InChI is InChI=1S/C16H14FNO2.C2H6/c1-18-9-12-7-8-13(15(17)14(12)16(18)19)20-10-11-5-3-2-4-6-11;1-2/h2-8H,9-10H2,1H3;1-2H3. The molecule has 3 nitrogen and oxygen atoms in total. The Morgan fingerprint density at radius 1 is 1.14 bits per heavy atom. The second-order valence-corrected chi connectivity index (χ2v) is 4.85. The first-order valence-corrected chi connectivity index (χ1v) is 7.40. The van der Waals surface area contributed by atoms with Crippen molar-refractivity contribution in [2.24, 2.45) is 0 Å². The predicted molar refractivity (Wildman–Crippen MR) is 84.3 cm³/mol. The average Bonchev–Trinajstić information content (AvgIpc) is 2.85. The first kappa shape index (κ1) is 16.0. The van der Waals surface area contributed by atoms with Crippen LogP contribution in [-0.4, -0.2) is 17.9 Å². The molecular formula is C18H20FNO2. The van der Waals surface area contributed by atoms with Gasteiger partial charge in [-0.2, -0.15) is 0 Å². The van der Waals surface area contributed by atoms with Gasteiger partial charge in [0.15, 0.2) is 11.6 Å². The van der Waals surface area contributed by atoms with Crippen LogP contribution in [0.1, 0.15) is 35.3 Å². The van der Waals surface area contributed by atoms with E-state index < -0.39 is 5.82 Å². The molecule has 1 aliphatic rings. The summed E-state index contributed by atoms with van der Waals surface area (Å²) in [6.45, 7) is 4.73. The van der Waals surface area contributed by atoms with Crippen molar-refractivity contribution in [3.05, 3.63) is 65.0 Å². The number of carbonyl (C=O) groups excluding carboxylic acids is 1. The highest BCUT2D eigenvalue weighted by Gasteiger charge is 2.29. The highest BCUT2D eigenvalue weighted by Crippen LogP contribution is 2.30. The minimum atomic E-state index is -0.562. The molecule has 0 saturated heterocycles. The predicted octanol–water partition coefficient (Wildman–Crippen LogP) is 4.02. The van der Waals surface area contributed by atoms with E-state index in [9.17, 15) is 9.18 Å². The maximum Gasteiger partial charge on any atom is 0.257 e. The number of ether oxygens (including phenoxy) is 1. The van der Waals surface area contributed by atoms with Gasteiger partial charge in [0.2, 0.25) is 0 Å². The monoisotopic (exact) mass is 301 g/mol.